The van der Waals surface area contributed by atoms with Gasteiger partial charge in [0.1, 0.15) is 0 Å². The zero-order valence-electron chi connectivity index (χ0n) is 13.5. The summed E-state index contributed by atoms with van der Waals surface area (Å²) in [7, 11) is 0. The third kappa shape index (κ3) is 3.92. The third-order valence-corrected chi connectivity index (χ3v) is 4.36. The van der Waals surface area contributed by atoms with Crippen molar-refractivity contribution in [3.05, 3.63) is 53.9 Å². The molecule has 2 aromatic rings. The Hall–Kier alpha value is -1.85. The monoisotopic (exact) mass is 334 g/mol. The van der Waals surface area contributed by atoms with Crippen molar-refractivity contribution in [1.82, 2.24) is 20.0 Å². The first kappa shape index (κ1) is 17.5. The molecule has 6 heteroatoms. The van der Waals surface area contributed by atoms with Crippen LogP contribution in [0.15, 0.2) is 42.7 Å². The first-order chi connectivity index (χ1) is 10.6. The van der Waals surface area contributed by atoms with Crippen LogP contribution in [0.2, 0.25) is 0 Å². The summed E-state index contributed by atoms with van der Waals surface area (Å²) in [5.41, 5.74) is 1.84. The van der Waals surface area contributed by atoms with Crippen molar-refractivity contribution >= 4 is 18.3 Å². The van der Waals surface area contributed by atoms with Gasteiger partial charge in [-0.15, -0.1) is 12.4 Å². The number of carbonyl (C=O) groups is 1. The van der Waals surface area contributed by atoms with Gasteiger partial charge in [0.15, 0.2) is 0 Å². The molecule has 23 heavy (non-hydrogen) atoms. The summed E-state index contributed by atoms with van der Waals surface area (Å²) in [5, 5.41) is 7.72. The molecule has 1 aliphatic heterocycles. The Kier molecular flexibility index (Phi) is 5.80. The number of aromatic nitrogens is 2. The maximum atomic E-state index is 12.7. The summed E-state index contributed by atoms with van der Waals surface area (Å²) in [4.78, 5) is 14.6. The van der Waals surface area contributed by atoms with Gasteiger partial charge in [0.25, 0.3) is 5.91 Å². The first-order valence-corrected chi connectivity index (χ1v) is 7.76. The Bertz CT molecular complexity index is 643. The fraction of sp³-hybridized carbons (Fsp3) is 0.412. The molecule has 2 atom stereocenters. The number of benzene rings is 1. The van der Waals surface area contributed by atoms with Crippen molar-refractivity contribution in [2.75, 3.05) is 13.1 Å². The Labute approximate surface area is 143 Å². The van der Waals surface area contributed by atoms with Crippen LogP contribution in [0.25, 0.3) is 0 Å². The fourth-order valence-corrected chi connectivity index (χ4v) is 2.84. The molecular formula is C17H23ClN4O. The van der Waals surface area contributed by atoms with E-state index in [-0.39, 0.29) is 24.4 Å². The maximum Gasteiger partial charge on any atom is 0.257 e. The van der Waals surface area contributed by atoms with Crippen molar-refractivity contribution in [3.8, 4) is 0 Å². The molecule has 2 heterocycles. The summed E-state index contributed by atoms with van der Waals surface area (Å²) in [6, 6.07) is 10.6. The van der Waals surface area contributed by atoms with E-state index in [4.69, 9.17) is 0 Å². The number of nitrogens with zero attached hydrogens (tertiary/aromatic N) is 3. The van der Waals surface area contributed by atoms with Crippen LogP contribution in [0.4, 0.5) is 0 Å². The minimum atomic E-state index is 0. The number of hydrogen-bond donors (Lipinski definition) is 1. The largest absolute Gasteiger partial charge is 0.333 e. The lowest BCUT2D eigenvalue weighted by Gasteiger charge is -2.38. The molecule has 1 aromatic carbocycles. The summed E-state index contributed by atoms with van der Waals surface area (Å²) in [5.74, 6) is 0.0696. The van der Waals surface area contributed by atoms with E-state index in [1.165, 1.54) is 5.56 Å². The van der Waals surface area contributed by atoms with E-state index >= 15 is 0 Å². The van der Waals surface area contributed by atoms with Crippen LogP contribution in [-0.2, 0) is 6.54 Å². The average molecular weight is 335 g/mol. The standard InChI is InChI=1S/C17H22N4O.ClH/c1-13-14(2)21(9-8-18-13)17(22)16-10-19-20(12-16)11-15-6-4-3-5-7-15;/h3-7,10,12-14,18H,8-9,11H2,1-2H3;1H. The van der Waals surface area contributed by atoms with E-state index in [9.17, 15) is 4.79 Å². The second-order valence-corrected chi connectivity index (χ2v) is 5.89. The molecule has 1 aliphatic rings. The summed E-state index contributed by atoms with van der Waals surface area (Å²) < 4.78 is 1.82. The number of nitrogens with one attached hydrogen (secondary N) is 1. The van der Waals surface area contributed by atoms with Crippen LogP contribution >= 0.6 is 12.4 Å². The van der Waals surface area contributed by atoms with Crippen molar-refractivity contribution in [2.45, 2.75) is 32.5 Å². The van der Waals surface area contributed by atoms with Crippen LogP contribution in [0, 0.1) is 0 Å². The SMILES string of the molecule is CC1NCCN(C(=O)c2cnn(Cc3ccccc3)c2)C1C.Cl. The molecule has 1 fully saturated rings. The normalized spacial score (nSPS) is 20.9. The second-order valence-electron chi connectivity index (χ2n) is 5.89. The van der Waals surface area contributed by atoms with Gasteiger partial charge >= 0.3 is 0 Å². The summed E-state index contributed by atoms with van der Waals surface area (Å²) >= 11 is 0. The van der Waals surface area contributed by atoms with Crippen LogP contribution in [0.1, 0.15) is 29.8 Å². The summed E-state index contributed by atoms with van der Waals surface area (Å²) in [6.45, 7) is 6.47. The molecule has 2 unspecified atom stereocenters. The van der Waals surface area contributed by atoms with Gasteiger partial charge in [-0.05, 0) is 19.4 Å². The molecule has 0 bridgehead atoms. The van der Waals surface area contributed by atoms with Gasteiger partial charge in [-0.25, -0.2) is 0 Å². The van der Waals surface area contributed by atoms with Gasteiger partial charge in [0.2, 0.25) is 0 Å². The van der Waals surface area contributed by atoms with Gasteiger partial charge in [-0.2, -0.15) is 5.10 Å². The van der Waals surface area contributed by atoms with Gasteiger partial charge < -0.3 is 10.2 Å². The fourth-order valence-electron chi connectivity index (χ4n) is 2.84. The molecule has 1 N–H and O–H groups in total. The average Bonchev–Trinajstić information content (AvgIpc) is 2.99. The number of rotatable bonds is 3. The molecule has 1 saturated heterocycles. The van der Waals surface area contributed by atoms with Crippen molar-refractivity contribution < 1.29 is 4.79 Å². The van der Waals surface area contributed by atoms with Crippen molar-refractivity contribution in [2.24, 2.45) is 0 Å². The molecule has 0 aliphatic carbocycles. The van der Waals surface area contributed by atoms with Crippen molar-refractivity contribution in [1.29, 1.82) is 0 Å². The Morgan fingerprint density at radius 2 is 2.04 bits per heavy atom. The quantitative estimate of drug-likeness (QED) is 0.936. The van der Waals surface area contributed by atoms with Gasteiger partial charge in [0.05, 0.1) is 18.3 Å². The highest BCUT2D eigenvalue weighted by Crippen LogP contribution is 2.14. The lowest BCUT2D eigenvalue weighted by molar-refractivity contribution is 0.0603. The third-order valence-electron chi connectivity index (χ3n) is 4.36. The Balaban J connectivity index is 0.00000192. The molecule has 0 saturated carbocycles. The molecule has 5 nitrogen and oxygen atoms in total. The Morgan fingerprint density at radius 1 is 1.30 bits per heavy atom. The minimum absolute atomic E-state index is 0. The zero-order chi connectivity index (χ0) is 15.5. The van der Waals surface area contributed by atoms with Crippen LogP contribution in [0.3, 0.4) is 0 Å². The number of carbonyl (C=O) groups excluding carboxylic acids is 1. The van der Waals surface area contributed by atoms with E-state index in [0.717, 1.165) is 13.1 Å². The summed E-state index contributed by atoms with van der Waals surface area (Å²) in [6.07, 6.45) is 3.51. The number of halogens is 1. The molecular weight excluding hydrogens is 312 g/mol. The number of amides is 1. The maximum absolute atomic E-state index is 12.7. The predicted octanol–water partition coefficient (Wildman–Crippen LogP) is 2.18. The molecule has 1 aromatic heterocycles. The first-order valence-electron chi connectivity index (χ1n) is 7.76. The van der Waals surface area contributed by atoms with Gasteiger partial charge in [0, 0.05) is 31.4 Å². The number of hydrogen-bond acceptors (Lipinski definition) is 3. The zero-order valence-corrected chi connectivity index (χ0v) is 14.3. The highest BCUT2D eigenvalue weighted by molar-refractivity contribution is 5.94. The van der Waals surface area contributed by atoms with Crippen molar-refractivity contribution in [3.63, 3.8) is 0 Å². The highest BCUT2D eigenvalue weighted by atomic mass is 35.5. The lowest BCUT2D eigenvalue weighted by Crippen LogP contribution is -2.57. The predicted molar refractivity (Wildman–Crippen MR) is 93.0 cm³/mol. The van der Waals surface area contributed by atoms with E-state index in [0.29, 0.717) is 18.2 Å². The molecule has 124 valence electrons. The lowest BCUT2D eigenvalue weighted by atomic mass is 10.1. The van der Waals surface area contributed by atoms with Gasteiger partial charge in [-0.3, -0.25) is 9.48 Å². The smallest absolute Gasteiger partial charge is 0.257 e. The number of piperazine rings is 1. The van der Waals surface area contributed by atoms with Gasteiger partial charge in [-0.1, -0.05) is 30.3 Å². The Morgan fingerprint density at radius 3 is 2.78 bits per heavy atom. The van der Waals surface area contributed by atoms with E-state index in [1.54, 1.807) is 6.20 Å². The van der Waals surface area contributed by atoms with Crippen LogP contribution in [0.5, 0.6) is 0 Å². The van der Waals surface area contributed by atoms with E-state index < -0.39 is 0 Å². The van der Waals surface area contributed by atoms with E-state index in [1.807, 2.05) is 34.0 Å². The molecule has 0 spiro atoms. The topological polar surface area (TPSA) is 50.2 Å². The molecule has 3 rings (SSSR count). The molecule has 1 amide bonds. The second kappa shape index (κ2) is 7.62. The van der Waals surface area contributed by atoms with E-state index in [2.05, 4.69) is 36.4 Å². The highest BCUT2D eigenvalue weighted by Gasteiger charge is 2.29. The van der Waals surface area contributed by atoms with Crippen LogP contribution < -0.4 is 5.32 Å². The minimum Gasteiger partial charge on any atom is -0.333 e. The van der Waals surface area contributed by atoms with Crippen LogP contribution in [-0.4, -0.2) is 45.8 Å². The molecule has 0 radical (unpaired) electrons.